The third-order valence-corrected chi connectivity index (χ3v) is 5.71. The Kier molecular flexibility index (Phi) is 4.46. The SMILES string of the molecule is NC(=O)N1CCC[C@H](C(=O)N2[C@@H]3CCCC[C@H]3C[C@H]2C(=O)O)C1. The van der Waals surface area contributed by atoms with Gasteiger partial charge in [0.05, 0.1) is 5.92 Å². The van der Waals surface area contributed by atoms with Crippen molar-refractivity contribution in [2.45, 2.75) is 57.0 Å². The number of aliphatic carboxylic acids is 1. The number of hydrogen-bond donors (Lipinski definition) is 2. The van der Waals surface area contributed by atoms with E-state index in [0.717, 1.165) is 32.1 Å². The maximum absolute atomic E-state index is 13.0. The van der Waals surface area contributed by atoms with Crippen LogP contribution in [0.25, 0.3) is 0 Å². The largest absolute Gasteiger partial charge is 0.480 e. The molecule has 1 saturated carbocycles. The van der Waals surface area contributed by atoms with Gasteiger partial charge < -0.3 is 20.6 Å². The molecule has 3 amide bonds. The van der Waals surface area contributed by atoms with Crippen LogP contribution in [0, 0.1) is 11.8 Å². The fourth-order valence-corrected chi connectivity index (χ4v) is 4.59. The standard InChI is InChI=1S/C16H25N3O4/c17-16(23)18-7-3-5-11(9-18)14(20)19-12-6-2-1-4-10(12)8-13(19)15(21)22/h10-13H,1-9H2,(H2,17,23)(H,21,22)/t10-,11-,12+,13-/m0/s1. The maximum Gasteiger partial charge on any atom is 0.326 e. The predicted molar refractivity (Wildman–Crippen MR) is 82.5 cm³/mol. The van der Waals surface area contributed by atoms with Gasteiger partial charge in [0.15, 0.2) is 0 Å². The second-order valence-electron chi connectivity index (χ2n) is 7.07. The van der Waals surface area contributed by atoms with Crippen molar-refractivity contribution in [2.24, 2.45) is 17.6 Å². The molecule has 4 atom stereocenters. The normalized spacial score (nSPS) is 34.1. The number of hydrogen-bond acceptors (Lipinski definition) is 3. The number of carboxylic acid groups (broad SMARTS) is 1. The van der Waals surface area contributed by atoms with E-state index < -0.39 is 18.0 Å². The molecule has 0 radical (unpaired) electrons. The zero-order valence-corrected chi connectivity index (χ0v) is 13.3. The minimum absolute atomic E-state index is 0.0568. The lowest BCUT2D eigenvalue weighted by atomic mass is 9.84. The molecule has 0 aromatic carbocycles. The first-order valence-corrected chi connectivity index (χ1v) is 8.58. The molecule has 23 heavy (non-hydrogen) atoms. The Hall–Kier alpha value is -1.79. The molecule has 0 unspecified atom stereocenters. The van der Waals surface area contributed by atoms with Gasteiger partial charge in [-0.25, -0.2) is 9.59 Å². The number of nitrogens with zero attached hydrogens (tertiary/aromatic N) is 2. The van der Waals surface area contributed by atoms with E-state index in [4.69, 9.17) is 5.73 Å². The summed E-state index contributed by atoms with van der Waals surface area (Å²) in [6, 6.07) is -1.16. The van der Waals surface area contributed by atoms with E-state index in [9.17, 15) is 19.5 Å². The molecule has 2 aliphatic heterocycles. The minimum Gasteiger partial charge on any atom is -0.480 e. The zero-order valence-electron chi connectivity index (χ0n) is 13.3. The summed E-state index contributed by atoms with van der Waals surface area (Å²) < 4.78 is 0. The van der Waals surface area contributed by atoms with Gasteiger partial charge in [-0.15, -0.1) is 0 Å². The number of nitrogens with two attached hydrogens (primary N) is 1. The summed E-state index contributed by atoms with van der Waals surface area (Å²) in [5.41, 5.74) is 5.33. The van der Waals surface area contributed by atoms with Crippen molar-refractivity contribution in [3.05, 3.63) is 0 Å². The Labute approximate surface area is 135 Å². The van der Waals surface area contributed by atoms with Gasteiger partial charge in [-0.05, 0) is 38.0 Å². The number of rotatable bonds is 2. The fourth-order valence-electron chi connectivity index (χ4n) is 4.59. The molecule has 0 bridgehead atoms. The Morgan fingerprint density at radius 1 is 1.04 bits per heavy atom. The van der Waals surface area contributed by atoms with Gasteiger partial charge in [0.1, 0.15) is 6.04 Å². The molecule has 0 aromatic heterocycles. The van der Waals surface area contributed by atoms with E-state index in [-0.39, 0.29) is 17.9 Å². The Morgan fingerprint density at radius 2 is 1.78 bits per heavy atom. The van der Waals surface area contributed by atoms with Crippen molar-refractivity contribution in [3.63, 3.8) is 0 Å². The molecule has 3 N–H and O–H groups in total. The number of carboxylic acids is 1. The molecule has 128 valence electrons. The van der Waals surface area contributed by atoms with Crippen LogP contribution in [0.2, 0.25) is 0 Å². The molecular formula is C16H25N3O4. The molecule has 3 fully saturated rings. The van der Waals surface area contributed by atoms with E-state index in [1.165, 1.54) is 4.90 Å². The zero-order chi connectivity index (χ0) is 16.6. The summed E-state index contributed by atoms with van der Waals surface area (Å²) in [6.07, 6.45) is 6.08. The van der Waals surface area contributed by atoms with Crippen LogP contribution >= 0.6 is 0 Å². The highest BCUT2D eigenvalue weighted by Gasteiger charge is 2.49. The first-order chi connectivity index (χ1) is 11.0. The quantitative estimate of drug-likeness (QED) is 0.791. The molecule has 1 aliphatic carbocycles. The summed E-state index contributed by atoms with van der Waals surface area (Å²) in [5, 5.41) is 9.54. The van der Waals surface area contributed by atoms with Crippen LogP contribution in [0.3, 0.4) is 0 Å². The van der Waals surface area contributed by atoms with Crippen LogP contribution in [-0.4, -0.2) is 58.0 Å². The van der Waals surface area contributed by atoms with Crippen molar-refractivity contribution in [1.82, 2.24) is 9.80 Å². The van der Waals surface area contributed by atoms with Crippen LogP contribution in [0.1, 0.15) is 44.9 Å². The molecule has 7 heteroatoms. The summed E-state index contributed by atoms with van der Waals surface area (Å²) in [7, 11) is 0. The van der Waals surface area contributed by atoms with Crippen molar-refractivity contribution in [2.75, 3.05) is 13.1 Å². The van der Waals surface area contributed by atoms with Gasteiger partial charge in [0, 0.05) is 19.1 Å². The molecule has 3 aliphatic rings. The number of amides is 3. The summed E-state index contributed by atoms with van der Waals surface area (Å²) in [5.74, 6) is -1.02. The van der Waals surface area contributed by atoms with E-state index in [1.807, 2.05) is 0 Å². The van der Waals surface area contributed by atoms with Crippen LogP contribution in [0.15, 0.2) is 0 Å². The molecule has 3 rings (SSSR count). The lowest BCUT2D eigenvalue weighted by Gasteiger charge is -2.38. The lowest BCUT2D eigenvalue weighted by Crippen LogP contribution is -2.53. The number of carbonyl (C=O) groups is 3. The summed E-state index contributed by atoms with van der Waals surface area (Å²) in [6.45, 7) is 0.891. The predicted octanol–water partition coefficient (Wildman–Crippen LogP) is 1.02. The Balaban J connectivity index is 1.78. The smallest absolute Gasteiger partial charge is 0.326 e. The monoisotopic (exact) mass is 323 g/mol. The number of primary amides is 1. The highest BCUT2D eigenvalue weighted by molar-refractivity contribution is 5.87. The van der Waals surface area contributed by atoms with Crippen LogP contribution in [-0.2, 0) is 9.59 Å². The van der Waals surface area contributed by atoms with Gasteiger partial charge >= 0.3 is 12.0 Å². The van der Waals surface area contributed by atoms with E-state index in [2.05, 4.69) is 0 Å². The van der Waals surface area contributed by atoms with Gasteiger partial charge in [-0.3, -0.25) is 4.79 Å². The fraction of sp³-hybridized carbons (Fsp3) is 0.812. The number of likely N-dealkylation sites (tertiary alicyclic amines) is 2. The maximum atomic E-state index is 13.0. The minimum atomic E-state index is -0.907. The molecular weight excluding hydrogens is 298 g/mol. The van der Waals surface area contributed by atoms with Gasteiger partial charge in [0.2, 0.25) is 5.91 Å². The van der Waals surface area contributed by atoms with Crippen LogP contribution < -0.4 is 5.73 Å². The van der Waals surface area contributed by atoms with Crippen LogP contribution in [0.5, 0.6) is 0 Å². The van der Waals surface area contributed by atoms with E-state index >= 15 is 0 Å². The molecule has 7 nitrogen and oxygen atoms in total. The number of piperidine rings is 1. The number of fused-ring (bicyclic) bond motifs is 1. The first kappa shape index (κ1) is 16.1. The third kappa shape index (κ3) is 3.01. The summed E-state index contributed by atoms with van der Waals surface area (Å²) >= 11 is 0. The van der Waals surface area contributed by atoms with Crippen molar-refractivity contribution >= 4 is 17.9 Å². The van der Waals surface area contributed by atoms with E-state index in [1.54, 1.807) is 4.90 Å². The van der Waals surface area contributed by atoms with Gasteiger partial charge in [0.25, 0.3) is 0 Å². The Morgan fingerprint density at radius 3 is 2.48 bits per heavy atom. The topological polar surface area (TPSA) is 104 Å². The van der Waals surface area contributed by atoms with Crippen molar-refractivity contribution in [3.8, 4) is 0 Å². The number of urea groups is 1. The van der Waals surface area contributed by atoms with Gasteiger partial charge in [-0.2, -0.15) is 0 Å². The number of carbonyl (C=O) groups excluding carboxylic acids is 2. The molecule has 0 aromatic rings. The van der Waals surface area contributed by atoms with E-state index in [0.29, 0.717) is 31.8 Å². The molecule has 0 spiro atoms. The van der Waals surface area contributed by atoms with Crippen LogP contribution in [0.4, 0.5) is 4.79 Å². The van der Waals surface area contributed by atoms with Gasteiger partial charge in [-0.1, -0.05) is 12.8 Å². The average molecular weight is 323 g/mol. The highest BCUT2D eigenvalue weighted by atomic mass is 16.4. The third-order valence-electron chi connectivity index (χ3n) is 5.71. The Bertz CT molecular complexity index is 510. The molecule has 2 saturated heterocycles. The molecule has 2 heterocycles. The average Bonchev–Trinajstić information content (AvgIpc) is 2.94. The lowest BCUT2D eigenvalue weighted by molar-refractivity contribution is -0.152. The van der Waals surface area contributed by atoms with Crippen molar-refractivity contribution in [1.29, 1.82) is 0 Å². The second-order valence-corrected chi connectivity index (χ2v) is 7.07. The summed E-state index contributed by atoms with van der Waals surface area (Å²) in [4.78, 5) is 39.2. The first-order valence-electron chi connectivity index (χ1n) is 8.58. The second kappa shape index (κ2) is 6.37. The van der Waals surface area contributed by atoms with Crippen molar-refractivity contribution < 1.29 is 19.5 Å². The highest BCUT2D eigenvalue weighted by Crippen LogP contribution is 2.41.